The highest BCUT2D eigenvalue weighted by atomic mass is 15.5. The fraction of sp³-hybridized carbons (Fsp3) is 0.562. The van der Waals surface area contributed by atoms with E-state index in [0.717, 1.165) is 30.8 Å². The molecule has 0 radical (unpaired) electrons. The minimum absolute atomic E-state index is 0.750. The van der Waals surface area contributed by atoms with Crippen LogP contribution in [0.5, 0.6) is 0 Å². The van der Waals surface area contributed by atoms with Crippen molar-refractivity contribution >= 4 is 0 Å². The maximum absolute atomic E-state index is 4.04. The van der Waals surface area contributed by atoms with Crippen LogP contribution < -0.4 is 0 Å². The molecule has 21 heavy (non-hydrogen) atoms. The number of benzene rings is 1. The molecule has 2 heterocycles. The van der Waals surface area contributed by atoms with Crippen molar-refractivity contribution in [2.75, 3.05) is 13.1 Å². The zero-order valence-electron chi connectivity index (χ0n) is 12.2. The smallest absolute Gasteiger partial charge is 0.138 e. The van der Waals surface area contributed by atoms with E-state index in [1.165, 1.54) is 31.5 Å². The van der Waals surface area contributed by atoms with E-state index in [0.29, 0.717) is 0 Å². The van der Waals surface area contributed by atoms with Gasteiger partial charge in [0.25, 0.3) is 0 Å². The van der Waals surface area contributed by atoms with Gasteiger partial charge < -0.3 is 0 Å². The summed E-state index contributed by atoms with van der Waals surface area (Å²) in [5.74, 6) is 2.36. The fourth-order valence-corrected chi connectivity index (χ4v) is 4.18. The van der Waals surface area contributed by atoms with Gasteiger partial charge in [-0.25, -0.2) is 4.68 Å². The van der Waals surface area contributed by atoms with E-state index < -0.39 is 0 Å². The highest BCUT2D eigenvalue weighted by Crippen LogP contribution is 2.42. The largest absolute Gasteiger partial charge is 0.299 e. The zero-order valence-corrected chi connectivity index (χ0v) is 12.2. The summed E-state index contributed by atoms with van der Waals surface area (Å²) in [6.07, 6.45) is 4.47. The van der Waals surface area contributed by atoms with Crippen LogP contribution in [-0.4, -0.2) is 38.2 Å². The SMILES string of the molecule is c1ccc(CN2CC3CCC(C2)C3Cn2cnnn2)cc1. The molecule has 2 unspecified atom stereocenters. The number of likely N-dealkylation sites (tertiary alicyclic amines) is 1. The molecule has 2 bridgehead atoms. The Morgan fingerprint density at radius 2 is 1.81 bits per heavy atom. The topological polar surface area (TPSA) is 46.8 Å². The number of nitrogens with zero attached hydrogens (tertiary/aromatic N) is 5. The Labute approximate surface area is 125 Å². The third-order valence-electron chi connectivity index (χ3n) is 5.14. The number of tetrazole rings is 1. The van der Waals surface area contributed by atoms with Crippen molar-refractivity contribution in [3.05, 3.63) is 42.2 Å². The molecule has 110 valence electrons. The van der Waals surface area contributed by atoms with Gasteiger partial charge in [-0.1, -0.05) is 30.3 Å². The lowest BCUT2D eigenvalue weighted by molar-refractivity contribution is 0.0901. The Balaban J connectivity index is 1.41. The van der Waals surface area contributed by atoms with Gasteiger partial charge in [0.1, 0.15) is 6.33 Å². The van der Waals surface area contributed by atoms with Crippen LogP contribution in [-0.2, 0) is 13.1 Å². The van der Waals surface area contributed by atoms with Crippen LogP contribution in [0.25, 0.3) is 0 Å². The summed E-state index contributed by atoms with van der Waals surface area (Å²) in [6.45, 7) is 4.52. The van der Waals surface area contributed by atoms with Gasteiger partial charge in [0.2, 0.25) is 0 Å². The van der Waals surface area contributed by atoms with E-state index in [9.17, 15) is 0 Å². The first kappa shape index (κ1) is 13.0. The van der Waals surface area contributed by atoms with Crippen molar-refractivity contribution < 1.29 is 0 Å². The highest BCUT2D eigenvalue weighted by Gasteiger charge is 2.41. The zero-order chi connectivity index (χ0) is 14.1. The predicted octanol–water partition coefficient (Wildman–Crippen LogP) is 1.83. The summed E-state index contributed by atoms with van der Waals surface area (Å²) in [4.78, 5) is 2.63. The molecule has 1 saturated carbocycles. The molecule has 1 aromatic heterocycles. The Bertz CT molecular complexity index is 554. The summed E-state index contributed by atoms with van der Waals surface area (Å²) in [5.41, 5.74) is 1.43. The molecular weight excluding hydrogens is 262 g/mol. The second-order valence-electron chi connectivity index (χ2n) is 6.47. The fourth-order valence-electron chi connectivity index (χ4n) is 4.18. The van der Waals surface area contributed by atoms with Gasteiger partial charge in [-0.2, -0.15) is 0 Å². The Morgan fingerprint density at radius 1 is 1.05 bits per heavy atom. The lowest BCUT2D eigenvalue weighted by Crippen LogP contribution is -2.42. The molecule has 4 rings (SSSR count). The third-order valence-corrected chi connectivity index (χ3v) is 5.14. The van der Waals surface area contributed by atoms with Crippen molar-refractivity contribution in [3.8, 4) is 0 Å². The molecule has 1 saturated heterocycles. The molecule has 5 heteroatoms. The average molecular weight is 283 g/mol. The van der Waals surface area contributed by atoms with Crippen LogP contribution in [0.4, 0.5) is 0 Å². The number of aromatic nitrogens is 4. The molecule has 1 aliphatic carbocycles. The quantitative estimate of drug-likeness (QED) is 0.859. The van der Waals surface area contributed by atoms with Crippen LogP contribution >= 0.6 is 0 Å². The minimum atomic E-state index is 0.750. The van der Waals surface area contributed by atoms with Gasteiger partial charge >= 0.3 is 0 Å². The Hall–Kier alpha value is -1.75. The van der Waals surface area contributed by atoms with Crippen molar-refractivity contribution in [2.24, 2.45) is 17.8 Å². The van der Waals surface area contributed by atoms with E-state index >= 15 is 0 Å². The molecule has 2 atom stereocenters. The average Bonchev–Trinajstić information content (AvgIpc) is 3.08. The van der Waals surface area contributed by atoms with Crippen molar-refractivity contribution in [1.29, 1.82) is 0 Å². The lowest BCUT2D eigenvalue weighted by Gasteiger charge is -2.38. The van der Waals surface area contributed by atoms with Gasteiger partial charge in [-0.05, 0) is 46.6 Å². The van der Waals surface area contributed by atoms with Crippen LogP contribution in [0.1, 0.15) is 18.4 Å². The summed E-state index contributed by atoms with van der Waals surface area (Å²) in [5, 5.41) is 11.5. The first-order chi connectivity index (χ1) is 10.4. The molecule has 0 amide bonds. The van der Waals surface area contributed by atoms with E-state index in [4.69, 9.17) is 0 Å². The van der Waals surface area contributed by atoms with Gasteiger partial charge in [0, 0.05) is 26.2 Å². The van der Waals surface area contributed by atoms with Crippen LogP contribution in [0.15, 0.2) is 36.7 Å². The molecule has 0 spiro atoms. The summed E-state index contributed by atoms with van der Waals surface area (Å²) >= 11 is 0. The molecule has 0 N–H and O–H groups in total. The summed E-state index contributed by atoms with van der Waals surface area (Å²) in [7, 11) is 0. The van der Waals surface area contributed by atoms with Gasteiger partial charge in [-0.15, -0.1) is 5.10 Å². The molecule has 5 nitrogen and oxygen atoms in total. The van der Waals surface area contributed by atoms with Crippen molar-refractivity contribution in [3.63, 3.8) is 0 Å². The third kappa shape index (κ3) is 2.70. The summed E-state index contributed by atoms with van der Waals surface area (Å²) < 4.78 is 1.91. The van der Waals surface area contributed by atoms with Crippen molar-refractivity contribution in [1.82, 2.24) is 25.1 Å². The van der Waals surface area contributed by atoms with Crippen LogP contribution in [0, 0.1) is 17.8 Å². The number of rotatable bonds is 4. The maximum Gasteiger partial charge on any atom is 0.138 e. The van der Waals surface area contributed by atoms with Crippen molar-refractivity contribution in [2.45, 2.75) is 25.9 Å². The Kier molecular flexibility index (Phi) is 3.43. The second kappa shape index (κ2) is 5.56. The number of hydrogen-bond acceptors (Lipinski definition) is 4. The molecule has 2 aliphatic rings. The maximum atomic E-state index is 4.04. The number of hydrogen-bond donors (Lipinski definition) is 0. The first-order valence-electron chi connectivity index (χ1n) is 7.85. The van der Waals surface area contributed by atoms with Crippen LogP contribution in [0.3, 0.4) is 0 Å². The molecule has 1 aromatic carbocycles. The number of piperidine rings is 1. The predicted molar refractivity (Wildman–Crippen MR) is 79.2 cm³/mol. The lowest BCUT2D eigenvalue weighted by atomic mass is 9.85. The van der Waals surface area contributed by atoms with Crippen LogP contribution in [0.2, 0.25) is 0 Å². The molecule has 2 aromatic rings. The van der Waals surface area contributed by atoms with Gasteiger partial charge in [-0.3, -0.25) is 4.90 Å². The van der Waals surface area contributed by atoms with Gasteiger partial charge in [0.05, 0.1) is 0 Å². The number of fused-ring (bicyclic) bond motifs is 2. The molecular formula is C16H21N5. The normalized spacial score (nSPS) is 28.9. The summed E-state index contributed by atoms with van der Waals surface area (Å²) in [6, 6.07) is 10.8. The monoisotopic (exact) mass is 283 g/mol. The standard InChI is InChI=1S/C16H21N5/c1-2-4-13(5-3-1)8-20-9-14-6-7-15(10-20)16(14)11-21-12-17-18-19-21/h1-5,12,14-16H,6-11H2. The first-order valence-corrected chi connectivity index (χ1v) is 7.85. The van der Waals surface area contributed by atoms with E-state index in [1.807, 2.05) is 4.68 Å². The van der Waals surface area contributed by atoms with E-state index in [-0.39, 0.29) is 0 Å². The minimum Gasteiger partial charge on any atom is -0.299 e. The molecule has 2 fully saturated rings. The highest BCUT2D eigenvalue weighted by molar-refractivity contribution is 5.14. The van der Waals surface area contributed by atoms with E-state index in [2.05, 4.69) is 50.8 Å². The van der Waals surface area contributed by atoms with E-state index in [1.54, 1.807) is 6.33 Å². The molecule has 1 aliphatic heterocycles. The van der Waals surface area contributed by atoms with Gasteiger partial charge in [0.15, 0.2) is 0 Å². The second-order valence-corrected chi connectivity index (χ2v) is 6.47. The Morgan fingerprint density at radius 3 is 2.48 bits per heavy atom.